The molecule has 0 spiro atoms. The van der Waals surface area contributed by atoms with E-state index in [0.717, 1.165) is 11.3 Å². The quantitative estimate of drug-likeness (QED) is 0.642. The predicted octanol–water partition coefficient (Wildman–Crippen LogP) is 4.22. The molecule has 0 aliphatic carbocycles. The molecule has 18 heavy (non-hydrogen) atoms. The normalized spacial score (nSPS) is 10.2. The Hall–Kier alpha value is -2.41. The molecule has 1 heteroatoms. The van der Waals surface area contributed by atoms with Gasteiger partial charge in [-0.3, -0.25) is 4.98 Å². The molecule has 0 atom stereocenters. The maximum atomic E-state index is 4.43. The number of nitrogens with zero attached hydrogens (tertiary/aromatic N) is 1. The summed E-state index contributed by atoms with van der Waals surface area (Å²) in [5.41, 5.74) is 4.55. The molecule has 3 aromatic rings. The molecular weight excluding hydrogens is 218 g/mol. The van der Waals surface area contributed by atoms with Gasteiger partial charge in [-0.1, -0.05) is 54.6 Å². The fourth-order valence-corrected chi connectivity index (χ4v) is 2.05. The Bertz CT molecular complexity index is 572. The van der Waals surface area contributed by atoms with Crippen molar-refractivity contribution < 1.29 is 0 Å². The van der Waals surface area contributed by atoms with Gasteiger partial charge >= 0.3 is 0 Å². The van der Waals surface area contributed by atoms with Gasteiger partial charge in [0.2, 0.25) is 0 Å². The first-order chi connectivity index (χ1) is 8.95. The van der Waals surface area contributed by atoms with Gasteiger partial charge in [-0.15, -0.1) is 0 Å². The topological polar surface area (TPSA) is 12.9 Å². The van der Waals surface area contributed by atoms with Crippen molar-refractivity contribution in [3.8, 4) is 22.4 Å². The highest BCUT2D eigenvalue weighted by Gasteiger charge is 2.06. The van der Waals surface area contributed by atoms with E-state index in [1.807, 2.05) is 42.6 Å². The molecule has 1 aromatic heterocycles. The van der Waals surface area contributed by atoms with Gasteiger partial charge in [0.15, 0.2) is 0 Å². The molecule has 0 bridgehead atoms. The minimum atomic E-state index is 1.00. The Morgan fingerprint density at radius 3 is 2.17 bits per heavy atom. The van der Waals surface area contributed by atoms with Crippen LogP contribution in [-0.4, -0.2) is 4.98 Å². The second-order valence-corrected chi connectivity index (χ2v) is 4.05. The van der Waals surface area contributed by atoms with E-state index in [2.05, 4.69) is 41.4 Å². The number of rotatable bonds is 2. The van der Waals surface area contributed by atoms with E-state index in [-0.39, 0.29) is 0 Å². The van der Waals surface area contributed by atoms with Crippen LogP contribution in [0.1, 0.15) is 0 Å². The summed E-state index contributed by atoms with van der Waals surface area (Å²) in [6, 6.07) is 25.4. The van der Waals surface area contributed by atoms with Crippen molar-refractivity contribution in [1.82, 2.24) is 4.98 Å². The standard InChI is InChI=1S/C17H12N/c1-2-8-14(9-3-1)15-10-4-5-11-16(15)17-12-6-7-13-18-17/h2-13H. The van der Waals surface area contributed by atoms with Gasteiger partial charge in [-0.05, 0) is 29.3 Å². The molecule has 1 heterocycles. The first-order valence-corrected chi connectivity index (χ1v) is 5.92. The maximum absolute atomic E-state index is 4.43. The number of hydrogen-bond acceptors (Lipinski definition) is 1. The highest BCUT2D eigenvalue weighted by Crippen LogP contribution is 2.30. The molecule has 0 unspecified atom stereocenters. The number of pyridine rings is 1. The second kappa shape index (κ2) is 4.84. The summed E-state index contributed by atoms with van der Waals surface area (Å²) in [6.45, 7) is 0. The van der Waals surface area contributed by atoms with Gasteiger partial charge in [0.05, 0.1) is 5.69 Å². The van der Waals surface area contributed by atoms with Crippen molar-refractivity contribution >= 4 is 0 Å². The van der Waals surface area contributed by atoms with Crippen LogP contribution >= 0.6 is 0 Å². The minimum Gasteiger partial charge on any atom is -0.256 e. The van der Waals surface area contributed by atoms with Crippen molar-refractivity contribution in [2.24, 2.45) is 0 Å². The molecule has 85 valence electrons. The smallest absolute Gasteiger partial charge is 0.0708 e. The van der Waals surface area contributed by atoms with Gasteiger partial charge in [0, 0.05) is 11.8 Å². The largest absolute Gasteiger partial charge is 0.256 e. The van der Waals surface area contributed by atoms with Crippen LogP contribution in [0.4, 0.5) is 0 Å². The lowest BCUT2D eigenvalue weighted by molar-refractivity contribution is 1.33. The average molecular weight is 230 g/mol. The second-order valence-electron chi connectivity index (χ2n) is 4.05. The number of aromatic nitrogens is 1. The van der Waals surface area contributed by atoms with Crippen LogP contribution < -0.4 is 0 Å². The van der Waals surface area contributed by atoms with E-state index in [0.29, 0.717) is 0 Å². The van der Waals surface area contributed by atoms with E-state index in [4.69, 9.17) is 0 Å². The van der Waals surface area contributed by atoms with E-state index < -0.39 is 0 Å². The summed E-state index contributed by atoms with van der Waals surface area (Å²) in [5.74, 6) is 0. The van der Waals surface area contributed by atoms with Gasteiger partial charge in [0.1, 0.15) is 0 Å². The van der Waals surface area contributed by atoms with Crippen LogP contribution in [-0.2, 0) is 0 Å². The van der Waals surface area contributed by atoms with Crippen LogP contribution in [0.15, 0.2) is 72.9 Å². The van der Waals surface area contributed by atoms with Crippen molar-refractivity contribution in [3.05, 3.63) is 79.0 Å². The summed E-state index contributed by atoms with van der Waals surface area (Å²) in [4.78, 5) is 4.43. The Morgan fingerprint density at radius 1 is 0.722 bits per heavy atom. The van der Waals surface area contributed by atoms with E-state index >= 15 is 0 Å². The highest BCUT2D eigenvalue weighted by molar-refractivity contribution is 5.81. The van der Waals surface area contributed by atoms with Gasteiger partial charge in [-0.2, -0.15) is 0 Å². The highest BCUT2D eigenvalue weighted by atomic mass is 14.7. The molecule has 3 rings (SSSR count). The zero-order valence-corrected chi connectivity index (χ0v) is 9.88. The molecular formula is C17H12N. The Labute approximate surface area is 107 Å². The number of benzene rings is 2. The molecule has 0 amide bonds. The maximum Gasteiger partial charge on any atom is 0.0708 e. The van der Waals surface area contributed by atoms with Crippen LogP contribution in [0.25, 0.3) is 22.4 Å². The predicted molar refractivity (Wildman–Crippen MR) is 73.9 cm³/mol. The first-order valence-electron chi connectivity index (χ1n) is 5.92. The summed E-state index contributed by atoms with van der Waals surface area (Å²) in [5, 5.41) is 0. The molecule has 0 aliphatic rings. The Balaban J connectivity index is 2.18. The van der Waals surface area contributed by atoms with Crippen LogP contribution in [0.2, 0.25) is 0 Å². The third-order valence-electron chi connectivity index (χ3n) is 2.90. The van der Waals surface area contributed by atoms with Crippen molar-refractivity contribution in [3.63, 3.8) is 0 Å². The molecule has 1 radical (unpaired) electrons. The third-order valence-corrected chi connectivity index (χ3v) is 2.90. The molecule has 0 aliphatic heterocycles. The lowest BCUT2D eigenvalue weighted by Gasteiger charge is -2.08. The van der Waals surface area contributed by atoms with Gasteiger partial charge in [0.25, 0.3) is 0 Å². The van der Waals surface area contributed by atoms with Crippen molar-refractivity contribution in [2.75, 3.05) is 0 Å². The fraction of sp³-hybridized carbons (Fsp3) is 0. The summed E-state index contributed by atoms with van der Waals surface area (Å²) in [7, 11) is 0. The summed E-state index contributed by atoms with van der Waals surface area (Å²) in [6.07, 6.45) is 1.82. The lowest BCUT2D eigenvalue weighted by Crippen LogP contribution is -1.86. The molecule has 2 aromatic carbocycles. The average Bonchev–Trinajstić information content (AvgIpc) is 2.49. The molecule has 0 N–H and O–H groups in total. The zero-order valence-electron chi connectivity index (χ0n) is 9.88. The van der Waals surface area contributed by atoms with Crippen LogP contribution in [0.3, 0.4) is 0 Å². The minimum absolute atomic E-state index is 1.00. The van der Waals surface area contributed by atoms with E-state index in [9.17, 15) is 0 Å². The van der Waals surface area contributed by atoms with Gasteiger partial charge < -0.3 is 0 Å². The van der Waals surface area contributed by atoms with Gasteiger partial charge in [-0.25, -0.2) is 0 Å². The first kappa shape index (κ1) is 10.7. The fourth-order valence-electron chi connectivity index (χ4n) is 2.05. The zero-order chi connectivity index (χ0) is 12.2. The van der Waals surface area contributed by atoms with E-state index in [1.54, 1.807) is 0 Å². The summed E-state index contributed by atoms with van der Waals surface area (Å²) < 4.78 is 0. The van der Waals surface area contributed by atoms with E-state index in [1.165, 1.54) is 11.1 Å². The third kappa shape index (κ3) is 2.03. The number of hydrogen-bond donors (Lipinski definition) is 0. The lowest BCUT2D eigenvalue weighted by atomic mass is 9.97. The monoisotopic (exact) mass is 230 g/mol. The molecule has 0 saturated carbocycles. The van der Waals surface area contributed by atoms with Crippen molar-refractivity contribution in [1.29, 1.82) is 0 Å². The van der Waals surface area contributed by atoms with Crippen LogP contribution in [0, 0.1) is 6.07 Å². The molecule has 1 nitrogen and oxygen atoms in total. The summed E-state index contributed by atoms with van der Waals surface area (Å²) >= 11 is 0. The van der Waals surface area contributed by atoms with Crippen LogP contribution in [0.5, 0.6) is 0 Å². The Morgan fingerprint density at radius 2 is 1.44 bits per heavy atom. The van der Waals surface area contributed by atoms with Crippen molar-refractivity contribution in [2.45, 2.75) is 0 Å². The Kier molecular flexibility index (Phi) is 2.89. The molecule has 0 saturated heterocycles. The molecule has 0 fully saturated rings. The SMILES string of the molecule is [c]1ccc(-c2ccccc2-c2ccccn2)cc1.